The van der Waals surface area contributed by atoms with Crippen LogP contribution in [0.15, 0.2) is 30.3 Å². The molecule has 0 N–H and O–H groups in total. The Balaban J connectivity index is 2.76. The van der Waals surface area contributed by atoms with Gasteiger partial charge in [-0.25, -0.2) is 9.59 Å². The second-order valence-corrected chi connectivity index (χ2v) is 3.76. The number of carbonyl (C=O) groups excluding carboxylic acids is 2. The van der Waals surface area contributed by atoms with Gasteiger partial charge in [-0.3, -0.25) is 0 Å². The molecule has 0 fully saturated rings. The SMILES string of the molecule is COC(=O)C(C)(C)OC(=O)c1ccccc1. The van der Waals surface area contributed by atoms with E-state index in [4.69, 9.17) is 4.74 Å². The highest BCUT2D eigenvalue weighted by Gasteiger charge is 2.33. The summed E-state index contributed by atoms with van der Waals surface area (Å²) in [5.74, 6) is -1.13. The summed E-state index contributed by atoms with van der Waals surface area (Å²) >= 11 is 0. The molecule has 0 saturated carbocycles. The van der Waals surface area contributed by atoms with E-state index in [1.54, 1.807) is 30.3 Å². The molecule has 86 valence electrons. The second kappa shape index (κ2) is 4.79. The number of hydrogen-bond donors (Lipinski definition) is 0. The molecule has 1 rings (SSSR count). The van der Waals surface area contributed by atoms with Gasteiger partial charge < -0.3 is 9.47 Å². The molecule has 0 aliphatic carbocycles. The average molecular weight is 222 g/mol. The molecule has 1 aromatic carbocycles. The summed E-state index contributed by atoms with van der Waals surface area (Å²) < 4.78 is 9.60. The van der Waals surface area contributed by atoms with E-state index >= 15 is 0 Å². The molecule has 0 aromatic heterocycles. The van der Waals surface area contributed by atoms with Crippen LogP contribution < -0.4 is 0 Å². The van der Waals surface area contributed by atoms with Crippen molar-refractivity contribution in [3.05, 3.63) is 35.9 Å². The third kappa shape index (κ3) is 2.82. The van der Waals surface area contributed by atoms with Gasteiger partial charge in [-0.2, -0.15) is 0 Å². The number of methoxy groups -OCH3 is 1. The van der Waals surface area contributed by atoms with Crippen molar-refractivity contribution >= 4 is 11.9 Å². The van der Waals surface area contributed by atoms with Crippen molar-refractivity contribution in [2.24, 2.45) is 0 Å². The van der Waals surface area contributed by atoms with Crippen molar-refractivity contribution in [2.45, 2.75) is 19.4 Å². The van der Waals surface area contributed by atoms with Gasteiger partial charge in [0.1, 0.15) is 0 Å². The molecule has 0 atom stereocenters. The molecular formula is C12H14O4. The highest BCUT2D eigenvalue weighted by molar-refractivity contribution is 5.92. The smallest absolute Gasteiger partial charge is 0.349 e. The van der Waals surface area contributed by atoms with Crippen LogP contribution >= 0.6 is 0 Å². The van der Waals surface area contributed by atoms with Gasteiger partial charge in [0.15, 0.2) is 0 Å². The van der Waals surface area contributed by atoms with E-state index in [1.165, 1.54) is 21.0 Å². The number of carbonyl (C=O) groups is 2. The number of hydrogen-bond acceptors (Lipinski definition) is 4. The molecule has 0 bridgehead atoms. The first-order valence-corrected chi connectivity index (χ1v) is 4.84. The Kier molecular flexibility index (Phi) is 3.66. The summed E-state index contributed by atoms with van der Waals surface area (Å²) in [7, 11) is 1.25. The van der Waals surface area contributed by atoms with Crippen LogP contribution in [-0.2, 0) is 14.3 Å². The van der Waals surface area contributed by atoms with Crippen molar-refractivity contribution in [3.8, 4) is 0 Å². The van der Waals surface area contributed by atoms with Crippen molar-refractivity contribution in [3.63, 3.8) is 0 Å². The van der Waals surface area contributed by atoms with Crippen LogP contribution in [0.2, 0.25) is 0 Å². The Labute approximate surface area is 94.2 Å². The van der Waals surface area contributed by atoms with Gasteiger partial charge in [-0.05, 0) is 26.0 Å². The van der Waals surface area contributed by atoms with E-state index < -0.39 is 17.5 Å². The Morgan fingerprint density at radius 3 is 2.19 bits per heavy atom. The molecule has 4 nitrogen and oxygen atoms in total. The summed E-state index contributed by atoms with van der Waals surface area (Å²) in [6, 6.07) is 8.48. The van der Waals surface area contributed by atoms with E-state index in [-0.39, 0.29) is 0 Å². The van der Waals surface area contributed by atoms with Gasteiger partial charge >= 0.3 is 11.9 Å². The third-order valence-corrected chi connectivity index (χ3v) is 2.03. The fourth-order valence-corrected chi connectivity index (χ4v) is 1.15. The Bertz CT molecular complexity index is 381. The van der Waals surface area contributed by atoms with Crippen molar-refractivity contribution in [1.82, 2.24) is 0 Å². The Morgan fingerprint density at radius 2 is 1.69 bits per heavy atom. The molecule has 0 aliphatic rings. The van der Waals surface area contributed by atoms with Crippen LogP contribution in [0.1, 0.15) is 24.2 Å². The maximum Gasteiger partial charge on any atom is 0.349 e. The van der Waals surface area contributed by atoms with Crippen molar-refractivity contribution in [2.75, 3.05) is 7.11 Å². The fraction of sp³-hybridized carbons (Fsp3) is 0.333. The second-order valence-electron chi connectivity index (χ2n) is 3.76. The monoisotopic (exact) mass is 222 g/mol. The molecule has 4 heteroatoms. The van der Waals surface area contributed by atoms with Gasteiger partial charge in [0, 0.05) is 0 Å². The van der Waals surface area contributed by atoms with Gasteiger partial charge in [0.25, 0.3) is 0 Å². The predicted octanol–water partition coefficient (Wildman–Crippen LogP) is 1.79. The molecule has 1 aromatic rings. The van der Waals surface area contributed by atoms with E-state index in [1.807, 2.05) is 0 Å². The first-order chi connectivity index (χ1) is 7.47. The van der Waals surface area contributed by atoms with Gasteiger partial charge in [-0.1, -0.05) is 18.2 Å². The molecule has 0 spiro atoms. The summed E-state index contributed by atoms with van der Waals surface area (Å²) in [6.45, 7) is 2.97. The van der Waals surface area contributed by atoms with Crippen LogP contribution in [0.5, 0.6) is 0 Å². The van der Waals surface area contributed by atoms with Gasteiger partial charge in [0.05, 0.1) is 12.7 Å². The van der Waals surface area contributed by atoms with Crippen molar-refractivity contribution in [1.29, 1.82) is 0 Å². The topological polar surface area (TPSA) is 52.6 Å². The molecule has 0 radical (unpaired) electrons. The summed E-state index contributed by atoms with van der Waals surface area (Å²) in [5.41, 5.74) is -0.874. The standard InChI is InChI=1S/C12H14O4/c1-12(2,11(14)15-3)16-10(13)9-7-5-4-6-8-9/h4-8H,1-3H3. The zero-order valence-electron chi connectivity index (χ0n) is 9.52. The first kappa shape index (κ1) is 12.2. The maximum absolute atomic E-state index is 11.7. The summed E-state index contributed by atoms with van der Waals surface area (Å²) in [4.78, 5) is 23.0. The minimum atomic E-state index is -1.28. The summed E-state index contributed by atoms with van der Waals surface area (Å²) in [6.07, 6.45) is 0. The lowest BCUT2D eigenvalue weighted by Gasteiger charge is -2.21. The highest BCUT2D eigenvalue weighted by Crippen LogP contribution is 2.14. The lowest BCUT2D eigenvalue weighted by Crippen LogP contribution is -2.38. The van der Waals surface area contributed by atoms with Crippen LogP contribution in [0, 0.1) is 0 Å². The molecule has 0 unspecified atom stereocenters. The molecular weight excluding hydrogens is 208 g/mol. The molecule has 0 saturated heterocycles. The largest absolute Gasteiger partial charge is 0.466 e. The van der Waals surface area contributed by atoms with Crippen LogP contribution in [-0.4, -0.2) is 24.6 Å². The Hall–Kier alpha value is -1.84. The quantitative estimate of drug-likeness (QED) is 0.732. The molecule has 0 aliphatic heterocycles. The van der Waals surface area contributed by atoms with E-state index in [2.05, 4.69) is 4.74 Å². The van der Waals surface area contributed by atoms with Crippen LogP contribution in [0.4, 0.5) is 0 Å². The van der Waals surface area contributed by atoms with Gasteiger partial charge in [0.2, 0.25) is 5.60 Å². The molecule has 16 heavy (non-hydrogen) atoms. The fourth-order valence-electron chi connectivity index (χ4n) is 1.15. The lowest BCUT2D eigenvalue weighted by atomic mass is 10.1. The number of rotatable bonds is 3. The minimum absolute atomic E-state index is 0.402. The lowest BCUT2D eigenvalue weighted by molar-refractivity contribution is -0.159. The first-order valence-electron chi connectivity index (χ1n) is 4.84. The number of ether oxygens (including phenoxy) is 2. The minimum Gasteiger partial charge on any atom is -0.466 e. The number of esters is 2. The number of benzene rings is 1. The van der Waals surface area contributed by atoms with E-state index in [0.29, 0.717) is 5.56 Å². The van der Waals surface area contributed by atoms with Gasteiger partial charge in [-0.15, -0.1) is 0 Å². The maximum atomic E-state index is 11.7. The van der Waals surface area contributed by atoms with E-state index in [9.17, 15) is 9.59 Å². The molecule has 0 heterocycles. The van der Waals surface area contributed by atoms with Crippen LogP contribution in [0.3, 0.4) is 0 Å². The highest BCUT2D eigenvalue weighted by atomic mass is 16.6. The zero-order chi connectivity index (χ0) is 12.2. The van der Waals surface area contributed by atoms with Crippen LogP contribution in [0.25, 0.3) is 0 Å². The zero-order valence-corrected chi connectivity index (χ0v) is 9.52. The third-order valence-electron chi connectivity index (χ3n) is 2.03. The molecule has 0 amide bonds. The predicted molar refractivity (Wildman–Crippen MR) is 58.0 cm³/mol. The average Bonchev–Trinajstić information content (AvgIpc) is 2.28. The summed E-state index contributed by atoms with van der Waals surface area (Å²) in [5, 5.41) is 0. The van der Waals surface area contributed by atoms with Crippen molar-refractivity contribution < 1.29 is 19.1 Å². The Morgan fingerprint density at radius 1 is 1.12 bits per heavy atom. The van der Waals surface area contributed by atoms with E-state index in [0.717, 1.165) is 0 Å². The normalized spacial score (nSPS) is 10.7.